The zero-order chi connectivity index (χ0) is 50.1. The second-order valence-corrected chi connectivity index (χ2v) is 24.4. The van der Waals surface area contributed by atoms with Gasteiger partial charge >= 0.3 is 0 Å². The van der Waals surface area contributed by atoms with Gasteiger partial charge in [0.05, 0.1) is 11.1 Å². The van der Waals surface area contributed by atoms with Gasteiger partial charge in [0.1, 0.15) is 0 Å². The fraction of sp³-hybridized carbons (Fsp3) is 0.250. The van der Waals surface area contributed by atoms with Crippen molar-refractivity contribution in [3.63, 3.8) is 0 Å². The van der Waals surface area contributed by atoms with Gasteiger partial charge in [-0.3, -0.25) is 0 Å². The lowest BCUT2D eigenvalue weighted by Crippen LogP contribution is -2.30. The Labute approximate surface area is 434 Å². The third-order valence-corrected chi connectivity index (χ3v) is 17.8. The third-order valence-electron chi connectivity index (χ3n) is 17.8. The van der Waals surface area contributed by atoms with Crippen LogP contribution in [-0.2, 0) is 27.1 Å². The number of benzene rings is 9. The van der Waals surface area contributed by atoms with Gasteiger partial charge in [-0.1, -0.05) is 245 Å². The molecule has 1 nitrogen and oxygen atoms in total. The standard InChI is InChI=1S/C72H67N/c1-68(2,3)48-22-18-24-50(44-48)72(51-25-19-23-49(45-51)69(4,5)6)62-33-15-12-28-59(62)66-63(72)34-21-35-65(66)73(53-40-41-57-55-26-11-14-32-61(55)71(64(57)46-53)42-16-9-17-43-71)52-38-36-47(37-39-52)54-29-20-30-58-56-27-10-13-31-60(56)70(7,8)67(54)58/h10-15,18-41,44-46H,9,16-17,42-43H2,1-8H3. The minimum Gasteiger partial charge on any atom is -0.310 e. The van der Waals surface area contributed by atoms with E-state index < -0.39 is 5.41 Å². The molecule has 0 heterocycles. The first kappa shape index (κ1) is 45.6. The third kappa shape index (κ3) is 6.73. The van der Waals surface area contributed by atoms with Crippen molar-refractivity contribution < 1.29 is 0 Å². The highest BCUT2D eigenvalue weighted by Gasteiger charge is 2.49. The summed E-state index contributed by atoms with van der Waals surface area (Å²) in [7, 11) is 0. The quantitative estimate of drug-likeness (QED) is 0.161. The van der Waals surface area contributed by atoms with E-state index in [1.165, 1.54) is 144 Å². The van der Waals surface area contributed by atoms with Crippen LogP contribution in [-0.4, -0.2) is 0 Å². The van der Waals surface area contributed by atoms with Crippen molar-refractivity contribution in [1.29, 1.82) is 0 Å². The van der Waals surface area contributed by atoms with Gasteiger partial charge in [0.15, 0.2) is 0 Å². The monoisotopic (exact) mass is 946 g/mol. The fourth-order valence-corrected chi connectivity index (χ4v) is 14.3. The molecule has 4 aliphatic rings. The Morgan fingerprint density at radius 3 is 1.55 bits per heavy atom. The number of nitrogens with zero attached hydrogens (tertiary/aromatic N) is 1. The predicted molar refractivity (Wildman–Crippen MR) is 308 cm³/mol. The van der Waals surface area contributed by atoms with E-state index in [0.717, 1.165) is 5.69 Å². The summed E-state index contributed by atoms with van der Waals surface area (Å²) in [5, 5.41) is 0. The molecule has 9 aromatic rings. The van der Waals surface area contributed by atoms with Crippen molar-refractivity contribution >= 4 is 17.1 Å². The summed E-state index contributed by atoms with van der Waals surface area (Å²) in [4.78, 5) is 2.61. The van der Waals surface area contributed by atoms with Crippen LogP contribution in [0.25, 0.3) is 44.5 Å². The molecule has 4 aliphatic carbocycles. The van der Waals surface area contributed by atoms with Gasteiger partial charge in [0.2, 0.25) is 0 Å². The largest absolute Gasteiger partial charge is 0.310 e. The van der Waals surface area contributed by atoms with Crippen LogP contribution in [0.3, 0.4) is 0 Å². The predicted octanol–water partition coefficient (Wildman–Crippen LogP) is 19.3. The Morgan fingerprint density at radius 2 is 0.890 bits per heavy atom. The van der Waals surface area contributed by atoms with Crippen molar-refractivity contribution in [3.8, 4) is 44.5 Å². The molecule has 1 heteroatoms. The highest BCUT2D eigenvalue weighted by molar-refractivity contribution is 5.98. The summed E-state index contributed by atoms with van der Waals surface area (Å²) in [5.41, 5.74) is 27.2. The molecule has 1 fully saturated rings. The lowest BCUT2D eigenvalue weighted by molar-refractivity contribution is 0.353. The van der Waals surface area contributed by atoms with Crippen molar-refractivity contribution in [2.75, 3.05) is 4.90 Å². The van der Waals surface area contributed by atoms with E-state index in [-0.39, 0.29) is 21.7 Å². The van der Waals surface area contributed by atoms with Crippen LogP contribution in [0.4, 0.5) is 17.1 Å². The van der Waals surface area contributed by atoms with Crippen LogP contribution in [0.2, 0.25) is 0 Å². The van der Waals surface area contributed by atoms with Crippen LogP contribution < -0.4 is 4.90 Å². The number of rotatable bonds is 6. The lowest BCUT2D eigenvalue weighted by Gasteiger charge is -2.37. The Hall–Kier alpha value is -7.22. The van der Waals surface area contributed by atoms with E-state index in [9.17, 15) is 0 Å². The molecule has 73 heavy (non-hydrogen) atoms. The maximum atomic E-state index is 2.61. The van der Waals surface area contributed by atoms with Crippen LogP contribution in [0, 0.1) is 0 Å². The SMILES string of the molecule is CC(C)(C)c1cccc(C2(c3cccc(C(C)(C)C)c3)c3ccccc3-c3c(N(c4ccc(-c5cccc6c5C(C)(C)c5ccccc5-6)cc4)c4ccc5c(c4)C4(CCCCC4)c4ccccc4-5)cccc32)c1. The summed E-state index contributed by atoms with van der Waals surface area (Å²) >= 11 is 0. The highest BCUT2D eigenvalue weighted by Crippen LogP contribution is 2.62. The number of hydrogen-bond acceptors (Lipinski definition) is 1. The van der Waals surface area contributed by atoms with Gasteiger partial charge in [-0.25, -0.2) is 0 Å². The zero-order valence-electron chi connectivity index (χ0n) is 44.0. The molecule has 9 aromatic carbocycles. The van der Waals surface area contributed by atoms with E-state index in [1.807, 2.05) is 0 Å². The van der Waals surface area contributed by atoms with Gasteiger partial charge in [-0.05, 0) is 149 Å². The molecule has 1 spiro atoms. The summed E-state index contributed by atoms with van der Waals surface area (Å²) in [5.74, 6) is 0. The fourth-order valence-electron chi connectivity index (χ4n) is 14.3. The highest BCUT2D eigenvalue weighted by atomic mass is 15.1. The maximum Gasteiger partial charge on any atom is 0.0714 e. The summed E-state index contributed by atoms with van der Waals surface area (Å²) in [6, 6.07) is 77.9. The van der Waals surface area contributed by atoms with Crippen LogP contribution in [0.1, 0.15) is 143 Å². The molecule has 0 N–H and O–H groups in total. The van der Waals surface area contributed by atoms with Gasteiger partial charge in [0, 0.05) is 27.8 Å². The van der Waals surface area contributed by atoms with Crippen molar-refractivity contribution in [2.45, 2.75) is 115 Å². The molecule has 0 aromatic heterocycles. The number of hydrogen-bond donors (Lipinski definition) is 0. The Kier molecular flexibility index (Phi) is 10.2. The molecular formula is C72H67N. The average Bonchev–Trinajstić information content (AvgIpc) is 3.95. The Balaban J connectivity index is 1.07. The molecule has 1 saturated carbocycles. The van der Waals surface area contributed by atoms with E-state index in [0.29, 0.717) is 0 Å². The van der Waals surface area contributed by atoms with Crippen molar-refractivity contribution in [2.24, 2.45) is 0 Å². The van der Waals surface area contributed by atoms with E-state index in [1.54, 1.807) is 0 Å². The molecule has 0 amide bonds. The van der Waals surface area contributed by atoms with E-state index >= 15 is 0 Å². The molecule has 0 aliphatic heterocycles. The molecule has 360 valence electrons. The minimum absolute atomic E-state index is 0.0182. The van der Waals surface area contributed by atoms with Crippen LogP contribution >= 0.6 is 0 Å². The number of anilines is 3. The average molecular weight is 946 g/mol. The second-order valence-electron chi connectivity index (χ2n) is 24.4. The first-order chi connectivity index (χ1) is 35.2. The molecule has 0 atom stereocenters. The molecule has 13 rings (SSSR count). The van der Waals surface area contributed by atoms with Crippen LogP contribution in [0.5, 0.6) is 0 Å². The lowest BCUT2D eigenvalue weighted by atomic mass is 9.66. The molecule has 0 bridgehead atoms. The van der Waals surface area contributed by atoms with Crippen LogP contribution in [0.15, 0.2) is 200 Å². The molecule has 0 unspecified atom stereocenters. The van der Waals surface area contributed by atoms with E-state index in [2.05, 4.69) is 260 Å². The summed E-state index contributed by atoms with van der Waals surface area (Å²) < 4.78 is 0. The Bertz CT molecular complexity index is 3600. The Morgan fingerprint density at radius 1 is 0.384 bits per heavy atom. The second kappa shape index (κ2) is 16.4. The molecular weight excluding hydrogens is 879 g/mol. The van der Waals surface area contributed by atoms with E-state index in [4.69, 9.17) is 0 Å². The smallest absolute Gasteiger partial charge is 0.0714 e. The van der Waals surface area contributed by atoms with Crippen molar-refractivity contribution in [1.82, 2.24) is 0 Å². The van der Waals surface area contributed by atoms with Gasteiger partial charge < -0.3 is 4.90 Å². The topological polar surface area (TPSA) is 3.24 Å². The molecule has 0 radical (unpaired) electrons. The summed E-state index contributed by atoms with van der Waals surface area (Å²) in [6.07, 6.45) is 6.20. The van der Waals surface area contributed by atoms with Crippen molar-refractivity contribution in [3.05, 3.63) is 256 Å². The number of fused-ring (bicyclic) bond motifs is 11. The maximum absolute atomic E-state index is 2.61. The van der Waals surface area contributed by atoms with Gasteiger partial charge in [-0.2, -0.15) is 0 Å². The normalized spacial score (nSPS) is 16.3. The minimum atomic E-state index is -0.580. The first-order valence-electron chi connectivity index (χ1n) is 27.1. The first-order valence-corrected chi connectivity index (χ1v) is 27.1. The van der Waals surface area contributed by atoms with Gasteiger partial charge in [-0.15, -0.1) is 0 Å². The zero-order valence-corrected chi connectivity index (χ0v) is 44.0. The molecule has 0 saturated heterocycles. The summed E-state index contributed by atoms with van der Waals surface area (Å²) in [6.45, 7) is 18.8. The van der Waals surface area contributed by atoms with Gasteiger partial charge in [0.25, 0.3) is 0 Å².